The molecule has 21 heavy (non-hydrogen) atoms. The molecule has 1 aromatic heterocycles. The maximum atomic E-state index is 11.8. The monoisotopic (exact) mass is 350 g/mol. The zero-order valence-electron chi connectivity index (χ0n) is 11.8. The van der Waals surface area contributed by atoms with Crippen LogP contribution < -0.4 is 15.0 Å². The Kier molecular flexibility index (Phi) is 3.71. The minimum absolute atomic E-state index is 0.149. The van der Waals surface area contributed by atoms with Crippen LogP contribution in [0.15, 0.2) is 27.5 Å². The van der Waals surface area contributed by atoms with Crippen molar-refractivity contribution in [2.75, 3.05) is 6.79 Å². The second kappa shape index (κ2) is 5.52. The van der Waals surface area contributed by atoms with E-state index in [1.165, 1.54) is 0 Å². The third kappa shape index (κ3) is 2.95. The van der Waals surface area contributed by atoms with Crippen LogP contribution in [0.1, 0.15) is 19.5 Å². The topological polar surface area (TPSA) is 64.2 Å². The summed E-state index contributed by atoms with van der Waals surface area (Å²) in [7, 11) is 0. The smallest absolute Gasteiger partial charge is 0.251 e. The number of fused-ring (bicyclic) bond motifs is 1. The molecule has 3 rings (SSSR count). The average Bonchev–Trinajstić information content (AvgIpc) is 2.86. The molecule has 5 nitrogen and oxygen atoms in total. The highest BCUT2D eigenvalue weighted by Crippen LogP contribution is 2.41. The van der Waals surface area contributed by atoms with Gasteiger partial charge in [0.2, 0.25) is 6.79 Å². The van der Waals surface area contributed by atoms with Gasteiger partial charge >= 0.3 is 0 Å². The van der Waals surface area contributed by atoms with Crippen LogP contribution >= 0.6 is 15.9 Å². The molecule has 1 aromatic carbocycles. The molecule has 0 fully saturated rings. The zero-order valence-corrected chi connectivity index (χ0v) is 13.4. The highest BCUT2D eigenvalue weighted by molar-refractivity contribution is 9.10. The summed E-state index contributed by atoms with van der Waals surface area (Å²) in [6.07, 6.45) is 0.767. The van der Waals surface area contributed by atoms with E-state index in [-0.39, 0.29) is 12.4 Å². The highest BCUT2D eigenvalue weighted by Gasteiger charge is 2.19. The molecule has 1 N–H and O–H groups in total. The Balaban J connectivity index is 2.06. The van der Waals surface area contributed by atoms with Crippen LogP contribution in [0.5, 0.6) is 11.5 Å². The second-order valence-electron chi connectivity index (χ2n) is 5.38. The van der Waals surface area contributed by atoms with E-state index in [2.05, 4.69) is 39.7 Å². The Bertz CT molecular complexity index is 740. The quantitative estimate of drug-likeness (QED) is 0.923. The normalized spacial score (nSPS) is 13.0. The second-order valence-corrected chi connectivity index (χ2v) is 6.23. The van der Waals surface area contributed by atoms with Gasteiger partial charge in [-0.1, -0.05) is 13.8 Å². The molecule has 0 radical (unpaired) electrons. The third-order valence-electron chi connectivity index (χ3n) is 3.11. The number of hydrogen-bond donors (Lipinski definition) is 1. The number of ether oxygens (including phenoxy) is 2. The van der Waals surface area contributed by atoms with Gasteiger partial charge in [0.15, 0.2) is 11.5 Å². The first-order valence-electron chi connectivity index (χ1n) is 6.72. The molecular formula is C15H15BrN2O3. The van der Waals surface area contributed by atoms with Gasteiger partial charge in [-0.25, -0.2) is 4.98 Å². The zero-order chi connectivity index (χ0) is 15.0. The van der Waals surface area contributed by atoms with Gasteiger partial charge in [-0.2, -0.15) is 0 Å². The van der Waals surface area contributed by atoms with E-state index in [9.17, 15) is 4.79 Å². The van der Waals surface area contributed by atoms with E-state index in [1.807, 2.05) is 12.1 Å². The molecule has 0 saturated carbocycles. The molecule has 0 amide bonds. The van der Waals surface area contributed by atoms with Crippen molar-refractivity contribution in [3.63, 3.8) is 0 Å². The Morgan fingerprint density at radius 1 is 1.33 bits per heavy atom. The molecule has 0 saturated heterocycles. The molecule has 6 heteroatoms. The number of rotatable bonds is 3. The number of aromatic nitrogens is 2. The van der Waals surface area contributed by atoms with E-state index in [0.717, 1.165) is 22.2 Å². The number of nitrogens with zero attached hydrogens (tertiary/aromatic N) is 1. The van der Waals surface area contributed by atoms with Crippen molar-refractivity contribution in [1.29, 1.82) is 0 Å². The van der Waals surface area contributed by atoms with Crippen LogP contribution in [0.4, 0.5) is 0 Å². The van der Waals surface area contributed by atoms with Crippen molar-refractivity contribution >= 4 is 15.9 Å². The molecule has 2 heterocycles. The summed E-state index contributed by atoms with van der Waals surface area (Å²) in [5.41, 5.74) is 1.43. The van der Waals surface area contributed by atoms with E-state index < -0.39 is 0 Å². The number of hydrogen-bond acceptors (Lipinski definition) is 4. The fraction of sp³-hybridized carbons (Fsp3) is 0.333. The minimum atomic E-state index is -0.149. The molecule has 1 aliphatic rings. The van der Waals surface area contributed by atoms with E-state index >= 15 is 0 Å². The molecule has 0 aliphatic carbocycles. The number of aromatic amines is 1. The number of nitrogens with one attached hydrogen (secondary N) is 1. The van der Waals surface area contributed by atoms with Gasteiger partial charge in [0, 0.05) is 17.3 Å². The molecule has 2 aromatic rings. The van der Waals surface area contributed by atoms with E-state index in [1.54, 1.807) is 6.07 Å². The van der Waals surface area contributed by atoms with E-state index in [4.69, 9.17) is 9.47 Å². The number of benzene rings is 1. The maximum absolute atomic E-state index is 11.8. The van der Waals surface area contributed by atoms with Gasteiger partial charge in [0.1, 0.15) is 5.82 Å². The van der Waals surface area contributed by atoms with Crippen molar-refractivity contribution in [2.24, 2.45) is 5.92 Å². The van der Waals surface area contributed by atoms with Gasteiger partial charge in [-0.15, -0.1) is 0 Å². The summed E-state index contributed by atoms with van der Waals surface area (Å²) in [4.78, 5) is 19.1. The van der Waals surface area contributed by atoms with Crippen molar-refractivity contribution in [3.05, 3.63) is 38.7 Å². The van der Waals surface area contributed by atoms with Gasteiger partial charge in [0.05, 0.1) is 4.47 Å². The largest absolute Gasteiger partial charge is 0.454 e. The van der Waals surface area contributed by atoms with Crippen molar-refractivity contribution < 1.29 is 9.47 Å². The van der Waals surface area contributed by atoms with Gasteiger partial charge in [-0.05, 0) is 40.4 Å². The molecule has 0 unspecified atom stereocenters. The summed E-state index contributed by atoms with van der Waals surface area (Å²) in [6.45, 7) is 4.40. The summed E-state index contributed by atoms with van der Waals surface area (Å²) in [5.74, 6) is 2.31. The number of halogens is 1. The van der Waals surface area contributed by atoms with Gasteiger partial charge in [0.25, 0.3) is 5.56 Å². The molecule has 1 aliphatic heterocycles. The van der Waals surface area contributed by atoms with Gasteiger partial charge in [-0.3, -0.25) is 4.79 Å². The van der Waals surface area contributed by atoms with Crippen LogP contribution in [0, 0.1) is 5.92 Å². The van der Waals surface area contributed by atoms with E-state index in [0.29, 0.717) is 23.2 Å². The fourth-order valence-corrected chi connectivity index (χ4v) is 2.83. The third-order valence-corrected chi connectivity index (χ3v) is 3.70. The Morgan fingerprint density at radius 2 is 2.14 bits per heavy atom. The summed E-state index contributed by atoms with van der Waals surface area (Å²) in [5, 5.41) is 0. The lowest BCUT2D eigenvalue weighted by atomic mass is 10.1. The molecule has 0 atom stereocenters. The van der Waals surface area contributed by atoms with Gasteiger partial charge < -0.3 is 14.5 Å². The van der Waals surface area contributed by atoms with Crippen molar-refractivity contribution in [1.82, 2.24) is 9.97 Å². The molecular weight excluding hydrogens is 336 g/mol. The Labute approximate surface area is 130 Å². The highest BCUT2D eigenvalue weighted by atomic mass is 79.9. The summed E-state index contributed by atoms with van der Waals surface area (Å²) >= 11 is 3.45. The summed E-state index contributed by atoms with van der Waals surface area (Å²) in [6, 6.07) is 5.24. The predicted octanol–water partition coefficient (Wildman–Crippen LogP) is 3.13. The first kappa shape index (κ1) is 14.1. The molecule has 110 valence electrons. The lowest BCUT2D eigenvalue weighted by Crippen LogP contribution is -2.11. The maximum Gasteiger partial charge on any atom is 0.251 e. The lowest BCUT2D eigenvalue weighted by molar-refractivity contribution is 0.173. The summed E-state index contributed by atoms with van der Waals surface area (Å²) < 4.78 is 11.5. The molecule has 0 bridgehead atoms. The Hall–Kier alpha value is -1.82. The van der Waals surface area contributed by atoms with Crippen LogP contribution in [0.2, 0.25) is 0 Å². The predicted molar refractivity (Wildman–Crippen MR) is 82.7 cm³/mol. The SMILES string of the molecule is CC(C)Cc1cc(=O)[nH]c(-c2cc(Br)c3c(c2)OCO3)n1. The van der Waals surface area contributed by atoms with Crippen LogP contribution in [0.3, 0.4) is 0 Å². The first-order valence-corrected chi connectivity index (χ1v) is 7.52. The van der Waals surface area contributed by atoms with Crippen LogP contribution in [0.25, 0.3) is 11.4 Å². The minimum Gasteiger partial charge on any atom is -0.454 e. The van der Waals surface area contributed by atoms with Crippen LogP contribution in [-0.4, -0.2) is 16.8 Å². The molecule has 0 spiro atoms. The lowest BCUT2D eigenvalue weighted by Gasteiger charge is -2.08. The van der Waals surface area contributed by atoms with Crippen molar-refractivity contribution in [2.45, 2.75) is 20.3 Å². The first-order chi connectivity index (χ1) is 10.0. The Morgan fingerprint density at radius 3 is 2.90 bits per heavy atom. The van der Waals surface area contributed by atoms with Crippen molar-refractivity contribution in [3.8, 4) is 22.9 Å². The standard InChI is InChI=1S/C15H15BrN2O3/c1-8(2)3-10-6-13(19)18-15(17-10)9-4-11(16)14-12(5-9)20-7-21-14/h4-6,8H,3,7H2,1-2H3,(H,17,18,19). The average molecular weight is 351 g/mol. The number of H-pyrrole nitrogens is 1. The fourth-order valence-electron chi connectivity index (χ4n) is 2.27. The van der Waals surface area contributed by atoms with Crippen LogP contribution in [-0.2, 0) is 6.42 Å².